The highest BCUT2D eigenvalue weighted by Crippen LogP contribution is 2.44. The van der Waals surface area contributed by atoms with Crippen LogP contribution < -0.4 is 16.1 Å². The maximum atomic E-state index is 13.5. The Morgan fingerprint density at radius 2 is 2.07 bits per heavy atom. The molecule has 0 bridgehead atoms. The van der Waals surface area contributed by atoms with Crippen molar-refractivity contribution in [3.8, 4) is 11.3 Å². The van der Waals surface area contributed by atoms with Crippen molar-refractivity contribution < 1.29 is 13.5 Å². The Labute approximate surface area is 149 Å². The Bertz CT molecular complexity index is 1160. The van der Waals surface area contributed by atoms with E-state index in [1.54, 1.807) is 18.5 Å². The Morgan fingerprint density at radius 3 is 2.78 bits per heavy atom. The van der Waals surface area contributed by atoms with Gasteiger partial charge in [-0.15, -0.1) is 0 Å². The predicted molar refractivity (Wildman–Crippen MR) is 90.1 cm³/mol. The second-order valence-electron chi connectivity index (χ2n) is 6.96. The molecule has 0 saturated carbocycles. The number of H-pyrrole nitrogens is 2. The van der Waals surface area contributed by atoms with Gasteiger partial charge in [0.05, 0.1) is 11.3 Å². The average molecular weight is 376 g/mol. The molecule has 0 aromatic carbocycles. The van der Waals surface area contributed by atoms with Crippen LogP contribution in [0.25, 0.3) is 16.9 Å². The second-order valence-corrected chi connectivity index (χ2v) is 6.96. The summed E-state index contributed by atoms with van der Waals surface area (Å²) in [6.07, 6.45) is 4.16. The summed E-state index contributed by atoms with van der Waals surface area (Å²) in [4.78, 5) is 34.0. The zero-order valence-corrected chi connectivity index (χ0v) is 13.9. The Kier molecular flexibility index (Phi) is 3.12. The van der Waals surface area contributed by atoms with Gasteiger partial charge in [0.2, 0.25) is 0 Å². The quantitative estimate of drug-likeness (QED) is 0.670. The van der Waals surface area contributed by atoms with Crippen LogP contribution in [0.4, 0.5) is 14.5 Å². The molecule has 0 amide bonds. The van der Waals surface area contributed by atoms with Crippen molar-refractivity contribution in [2.45, 2.75) is 17.9 Å². The molecule has 1 spiro atoms. The molecule has 140 valence electrons. The molecular weight excluding hydrogens is 362 g/mol. The van der Waals surface area contributed by atoms with Crippen molar-refractivity contribution in [1.82, 2.24) is 24.6 Å². The smallest absolute Gasteiger partial charge is 0.325 e. The van der Waals surface area contributed by atoms with Crippen molar-refractivity contribution in [3.63, 3.8) is 0 Å². The molecule has 2 aliphatic heterocycles. The van der Waals surface area contributed by atoms with Crippen molar-refractivity contribution in [3.05, 3.63) is 45.5 Å². The van der Waals surface area contributed by atoms with E-state index in [4.69, 9.17) is 4.74 Å². The molecule has 2 N–H and O–H groups in total. The molecular formula is C16H14F2N6O3. The van der Waals surface area contributed by atoms with E-state index in [-0.39, 0.29) is 12.0 Å². The van der Waals surface area contributed by atoms with Crippen LogP contribution >= 0.6 is 0 Å². The van der Waals surface area contributed by atoms with E-state index in [0.717, 1.165) is 0 Å². The molecule has 0 radical (unpaired) electrons. The number of rotatable bonds is 2. The molecule has 3 aromatic heterocycles. The first-order valence-electron chi connectivity index (χ1n) is 8.28. The minimum Gasteiger partial charge on any atom is -0.365 e. The molecule has 9 nitrogen and oxygen atoms in total. The van der Waals surface area contributed by atoms with Crippen LogP contribution in [0.15, 0.2) is 34.2 Å². The molecule has 3 aromatic rings. The van der Waals surface area contributed by atoms with E-state index in [2.05, 4.69) is 20.1 Å². The topological polar surface area (TPSA) is 108 Å². The summed E-state index contributed by atoms with van der Waals surface area (Å²) in [5.41, 5.74) is -0.338. The Balaban J connectivity index is 1.54. The number of fused-ring (bicyclic) bond motifs is 1. The van der Waals surface area contributed by atoms with Crippen LogP contribution in [-0.4, -0.2) is 55.8 Å². The maximum Gasteiger partial charge on any atom is 0.325 e. The normalized spacial score (nSPS) is 20.3. The number of imidazole rings is 1. The average Bonchev–Trinajstić information content (AvgIpc) is 3.16. The van der Waals surface area contributed by atoms with E-state index in [1.807, 2.05) is 4.90 Å². The van der Waals surface area contributed by atoms with Crippen LogP contribution in [0.5, 0.6) is 0 Å². The lowest BCUT2D eigenvalue weighted by atomic mass is 9.89. The third-order valence-electron chi connectivity index (χ3n) is 4.90. The molecule has 5 heterocycles. The SMILES string of the molecule is O=c1[nH]cc(-c2cc(N3CC4(C3)CC(F)(F)CO4)c3nccn3n2)c(=O)[nH]1. The van der Waals surface area contributed by atoms with Crippen LogP contribution in [0.1, 0.15) is 6.42 Å². The Hall–Kier alpha value is -3.08. The van der Waals surface area contributed by atoms with E-state index in [0.29, 0.717) is 30.1 Å². The van der Waals surface area contributed by atoms with Gasteiger partial charge in [-0.2, -0.15) is 5.10 Å². The van der Waals surface area contributed by atoms with Crippen LogP contribution in [0.2, 0.25) is 0 Å². The highest BCUT2D eigenvalue weighted by atomic mass is 19.3. The van der Waals surface area contributed by atoms with Gasteiger partial charge in [0.1, 0.15) is 17.9 Å². The number of ether oxygens (including phenoxy) is 1. The fraction of sp³-hybridized carbons (Fsp3) is 0.375. The number of hydrogen-bond acceptors (Lipinski definition) is 6. The predicted octanol–water partition coefficient (Wildman–Crippen LogP) is 0.387. The van der Waals surface area contributed by atoms with Crippen LogP contribution in [0.3, 0.4) is 0 Å². The lowest BCUT2D eigenvalue weighted by Crippen LogP contribution is -2.62. The Morgan fingerprint density at radius 1 is 1.26 bits per heavy atom. The van der Waals surface area contributed by atoms with Gasteiger partial charge in [-0.1, -0.05) is 0 Å². The summed E-state index contributed by atoms with van der Waals surface area (Å²) >= 11 is 0. The highest BCUT2D eigenvalue weighted by Gasteiger charge is 2.57. The van der Waals surface area contributed by atoms with E-state index in [1.165, 1.54) is 10.7 Å². The summed E-state index contributed by atoms with van der Waals surface area (Å²) < 4.78 is 33.9. The molecule has 5 rings (SSSR count). The molecule has 0 unspecified atom stereocenters. The number of aromatic amines is 2. The highest BCUT2D eigenvalue weighted by molar-refractivity contribution is 5.75. The molecule has 0 aliphatic carbocycles. The van der Waals surface area contributed by atoms with E-state index >= 15 is 0 Å². The number of aromatic nitrogens is 5. The third-order valence-corrected chi connectivity index (χ3v) is 4.90. The summed E-state index contributed by atoms with van der Waals surface area (Å²) in [6, 6.07) is 1.66. The minimum absolute atomic E-state index is 0.185. The van der Waals surface area contributed by atoms with Gasteiger partial charge in [-0.3, -0.25) is 9.78 Å². The standard InChI is InChI=1S/C16H14F2N6O3/c17-16(18)5-15(27-8-16)6-23(7-15)11-3-10(22-24-2-1-19-12(11)24)9-4-20-14(26)21-13(9)25/h1-4H,5-8H2,(H2,20,21,25,26). The molecule has 2 aliphatic rings. The van der Waals surface area contributed by atoms with Crippen LogP contribution in [-0.2, 0) is 4.74 Å². The zero-order chi connectivity index (χ0) is 18.8. The van der Waals surface area contributed by atoms with Crippen LogP contribution in [0, 0.1) is 0 Å². The van der Waals surface area contributed by atoms with Gasteiger partial charge in [-0.05, 0) is 6.07 Å². The van der Waals surface area contributed by atoms with Gasteiger partial charge in [0.25, 0.3) is 11.5 Å². The second kappa shape index (κ2) is 5.22. The zero-order valence-electron chi connectivity index (χ0n) is 13.9. The largest absolute Gasteiger partial charge is 0.365 e. The van der Waals surface area contributed by atoms with Gasteiger partial charge in [-0.25, -0.2) is 23.1 Å². The maximum absolute atomic E-state index is 13.5. The van der Waals surface area contributed by atoms with Gasteiger partial charge in [0, 0.05) is 38.1 Å². The number of anilines is 1. The summed E-state index contributed by atoms with van der Waals surface area (Å²) in [6.45, 7) is 0.0427. The molecule has 2 saturated heterocycles. The van der Waals surface area contributed by atoms with Crippen molar-refractivity contribution >= 4 is 11.3 Å². The number of nitrogens with one attached hydrogen (secondary N) is 2. The first kappa shape index (κ1) is 16.1. The van der Waals surface area contributed by atoms with Gasteiger partial charge >= 0.3 is 5.69 Å². The van der Waals surface area contributed by atoms with Crippen molar-refractivity contribution in [2.75, 3.05) is 24.6 Å². The summed E-state index contributed by atoms with van der Waals surface area (Å²) in [7, 11) is 0. The van der Waals surface area contributed by atoms with Gasteiger partial charge in [0.15, 0.2) is 5.65 Å². The first-order chi connectivity index (χ1) is 12.8. The monoisotopic (exact) mass is 376 g/mol. The number of halogens is 2. The van der Waals surface area contributed by atoms with E-state index in [9.17, 15) is 18.4 Å². The fourth-order valence-corrected chi connectivity index (χ4v) is 3.72. The lowest BCUT2D eigenvalue weighted by molar-refractivity contribution is -0.0338. The number of hydrogen-bond donors (Lipinski definition) is 2. The number of alkyl halides is 2. The molecule has 0 atom stereocenters. The summed E-state index contributed by atoms with van der Waals surface area (Å²) in [5.74, 6) is -2.80. The minimum atomic E-state index is -2.80. The lowest BCUT2D eigenvalue weighted by Gasteiger charge is -2.48. The molecule has 27 heavy (non-hydrogen) atoms. The van der Waals surface area contributed by atoms with Crippen molar-refractivity contribution in [1.29, 1.82) is 0 Å². The molecule has 11 heteroatoms. The summed E-state index contributed by atoms with van der Waals surface area (Å²) in [5, 5.41) is 4.34. The molecule has 2 fully saturated rings. The van der Waals surface area contributed by atoms with E-state index < -0.39 is 29.4 Å². The first-order valence-corrected chi connectivity index (χ1v) is 8.28. The van der Waals surface area contributed by atoms with Gasteiger partial charge < -0.3 is 14.6 Å². The third kappa shape index (κ3) is 2.53. The fourth-order valence-electron chi connectivity index (χ4n) is 3.72. The number of nitrogens with zero attached hydrogens (tertiary/aromatic N) is 4. The van der Waals surface area contributed by atoms with Crippen molar-refractivity contribution in [2.24, 2.45) is 0 Å².